The highest BCUT2D eigenvalue weighted by molar-refractivity contribution is 5.68. The van der Waals surface area contributed by atoms with E-state index in [-0.39, 0.29) is 11.5 Å². The van der Waals surface area contributed by atoms with Crippen molar-refractivity contribution in [2.75, 3.05) is 0 Å². The van der Waals surface area contributed by atoms with Crippen molar-refractivity contribution in [1.82, 2.24) is 5.32 Å². The van der Waals surface area contributed by atoms with Gasteiger partial charge in [0.1, 0.15) is 5.60 Å². The van der Waals surface area contributed by atoms with E-state index in [4.69, 9.17) is 4.74 Å². The van der Waals surface area contributed by atoms with E-state index in [0.29, 0.717) is 0 Å². The van der Waals surface area contributed by atoms with E-state index in [1.54, 1.807) is 0 Å². The van der Waals surface area contributed by atoms with Crippen LogP contribution in [0, 0.1) is 5.41 Å². The predicted molar refractivity (Wildman–Crippen MR) is 81.2 cm³/mol. The largest absolute Gasteiger partial charge is 0.444 e. The zero-order valence-electron chi connectivity index (χ0n) is 13.5. The highest BCUT2D eigenvalue weighted by Crippen LogP contribution is 2.29. The Morgan fingerprint density at radius 3 is 2.26 bits per heavy atom. The highest BCUT2D eigenvalue weighted by Gasteiger charge is 2.18. The van der Waals surface area contributed by atoms with Crippen molar-refractivity contribution in [3.8, 4) is 0 Å². The van der Waals surface area contributed by atoms with Gasteiger partial charge in [-0.2, -0.15) is 0 Å². The van der Waals surface area contributed by atoms with Crippen molar-refractivity contribution >= 4 is 6.09 Å². The summed E-state index contributed by atoms with van der Waals surface area (Å²) in [5, 5.41) is 2.77. The molecule has 1 amide bonds. The fraction of sp³-hybridized carbons (Fsp3) is 0.688. The average molecular weight is 267 g/mol. The van der Waals surface area contributed by atoms with Gasteiger partial charge in [-0.1, -0.05) is 39.5 Å². The highest BCUT2D eigenvalue weighted by atomic mass is 16.6. The van der Waals surface area contributed by atoms with Gasteiger partial charge in [0.15, 0.2) is 0 Å². The molecule has 0 saturated heterocycles. The predicted octanol–water partition coefficient (Wildman–Crippen LogP) is 4.45. The molecule has 0 radical (unpaired) electrons. The summed E-state index contributed by atoms with van der Waals surface area (Å²) in [4.78, 5) is 11.6. The van der Waals surface area contributed by atoms with Crippen molar-refractivity contribution in [3.05, 3.63) is 24.3 Å². The first-order valence-corrected chi connectivity index (χ1v) is 6.85. The van der Waals surface area contributed by atoms with Gasteiger partial charge >= 0.3 is 6.09 Å². The Morgan fingerprint density at radius 2 is 1.84 bits per heavy atom. The maximum Gasteiger partial charge on any atom is 0.408 e. The Balaban J connectivity index is 4.36. The zero-order chi connectivity index (χ0) is 15.3. The Kier molecular flexibility index (Phi) is 6.34. The molecule has 0 aliphatic carbocycles. The molecule has 0 fully saturated rings. The minimum Gasteiger partial charge on any atom is -0.444 e. The number of ether oxygens (including phenoxy) is 1. The number of rotatable bonds is 5. The van der Waals surface area contributed by atoms with E-state index in [1.807, 2.05) is 39.8 Å². The number of amides is 1. The van der Waals surface area contributed by atoms with Gasteiger partial charge in [-0.05, 0) is 45.1 Å². The lowest BCUT2D eigenvalue weighted by Gasteiger charge is -2.24. The lowest BCUT2D eigenvalue weighted by Crippen LogP contribution is -2.36. The molecule has 19 heavy (non-hydrogen) atoms. The molecular formula is C16H29NO2. The summed E-state index contributed by atoms with van der Waals surface area (Å²) >= 11 is 0. The molecule has 1 N–H and O–H groups in total. The lowest BCUT2D eigenvalue weighted by atomic mass is 9.82. The molecule has 1 unspecified atom stereocenters. The molecule has 110 valence electrons. The van der Waals surface area contributed by atoms with Gasteiger partial charge in [-0.15, -0.1) is 0 Å². The van der Waals surface area contributed by atoms with Crippen LogP contribution in [-0.2, 0) is 4.74 Å². The minimum absolute atomic E-state index is 0.0840. The van der Waals surface area contributed by atoms with Gasteiger partial charge in [-0.25, -0.2) is 4.79 Å². The van der Waals surface area contributed by atoms with E-state index in [2.05, 4.69) is 32.7 Å². The van der Waals surface area contributed by atoms with E-state index >= 15 is 0 Å². The van der Waals surface area contributed by atoms with Crippen LogP contribution >= 0.6 is 0 Å². The summed E-state index contributed by atoms with van der Waals surface area (Å²) < 4.78 is 5.20. The van der Waals surface area contributed by atoms with Crippen molar-refractivity contribution in [1.29, 1.82) is 0 Å². The number of hydrogen-bond acceptors (Lipinski definition) is 2. The Morgan fingerprint density at radius 1 is 1.32 bits per heavy atom. The van der Waals surface area contributed by atoms with Crippen LogP contribution in [0.4, 0.5) is 4.79 Å². The van der Waals surface area contributed by atoms with Crippen LogP contribution in [0.5, 0.6) is 0 Å². The Labute approximate surface area is 118 Å². The molecule has 0 aromatic rings. The molecule has 0 aromatic carbocycles. The second-order valence-electron chi connectivity index (χ2n) is 6.56. The monoisotopic (exact) mass is 267 g/mol. The Hall–Kier alpha value is -1.25. The molecule has 0 aromatic heterocycles. The Bertz CT molecular complexity index is 348. The molecule has 1 atom stereocenters. The SMILES string of the molecule is C=C(/C=C\C(C)NC(=O)OC(C)(C)C)C(C)(C)CC. The fourth-order valence-corrected chi connectivity index (χ4v) is 1.25. The maximum absolute atomic E-state index is 11.6. The van der Waals surface area contributed by atoms with Gasteiger partial charge in [-0.3, -0.25) is 0 Å². The van der Waals surface area contributed by atoms with Crippen LogP contribution in [0.25, 0.3) is 0 Å². The summed E-state index contributed by atoms with van der Waals surface area (Å²) in [5.41, 5.74) is 0.677. The summed E-state index contributed by atoms with van der Waals surface area (Å²) in [6.07, 6.45) is 4.55. The number of hydrogen-bond donors (Lipinski definition) is 1. The number of alkyl carbamates (subject to hydrolysis) is 1. The van der Waals surface area contributed by atoms with Crippen LogP contribution in [-0.4, -0.2) is 17.7 Å². The normalized spacial score (nSPS) is 14.3. The third kappa shape index (κ3) is 7.70. The summed E-state index contributed by atoms with van der Waals surface area (Å²) in [5.74, 6) is 0. The van der Waals surface area contributed by atoms with E-state index in [0.717, 1.165) is 12.0 Å². The van der Waals surface area contributed by atoms with Gasteiger partial charge in [0.2, 0.25) is 0 Å². The molecule has 0 aliphatic rings. The van der Waals surface area contributed by atoms with Crippen LogP contribution < -0.4 is 5.32 Å². The third-order valence-electron chi connectivity index (χ3n) is 3.08. The smallest absolute Gasteiger partial charge is 0.408 e. The molecular weight excluding hydrogens is 238 g/mol. The fourth-order valence-electron chi connectivity index (χ4n) is 1.25. The molecule has 0 rings (SSSR count). The summed E-state index contributed by atoms with van der Waals surface area (Å²) in [6.45, 7) is 18.0. The zero-order valence-corrected chi connectivity index (χ0v) is 13.5. The third-order valence-corrected chi connectivity index (χ3v) is 3.08. The first-order valence-electron chi connectivity index (χ1n) is 6.85. The number of allylic oxidation sites excluding steroid dienone is 2. The first-order chi connectivity index (χ1) is 8.48. The molecule has 3 nitrogen and oxygen atoms in total. The molecule has 0 heterocycles. The maximum atomic E-state index is 11.6. The van der Waals surface area contributed by atoms with E-state index in [9.17, 15) is 4.79 Å². The van der Waals surface area contributed by atoms with Gasteiger partial charge in [0.25, 0.3) is 0 Å². The average Bonchev–Trinajstić information content (AvgIpc) is 2.22. The van der Waals surface area contributed by atoms with E-state index < -0.39 is 11.7 Å². The van der Waals surface area contributed by atoms with Gasteiger partial charge < -0.3 is 10.1 Å². The second kappa shape index (κ2) is 6.78. The van der Waals surface area contributed by atoms with Gasteiger partial charge in [0, 0.05) is 6.04 Å². The summed E-state index contributed by atoms with van der Waals surface area (Å²) in [7, 11) is 0. The topological polar surface area (TPSA) is 38.3 Å². The number of nitrogens with one attached hydrogen (secondary N) is 1. The molecule has 0 saturated carbocycles. The first kappa shape index (κ1) is 17.8. The second-order valence-corrected chi connectivity index (χ2v) is 6.56. The van der Waals surface area contributed by atoms with E-state index in [1.165, 1.54) is 0 Å². The molecule has 0 aliphatic heterocycles. The standard InChI is InChI=1S/C16H29NO2/c1-9-16(7,8)12(2)10-11-13(3)17-14(18)19-15(4,5)6/h10-11,13H,2,9H2,1,3-8H3,(H,17,18)/b11-10-. The van der Waals surface area contributed by atoms with Crippen molar-refractivity contribution in [3.63, 3.8) is 0 Å². The van der Waals surface area contributed by atoms with Crippen LogP contribution in [0.3, 0.4) is 0 Å². The quantitative estimate of drug-likeness (QED) is 0.747. The van der Waals surface area contributed by atoms with Crippen molar-refractivity contribution in [2.45, 2.75) is 66.5 Å². The number of carbonyl (C=O) groups excluding carboxylic acids is 1. The van der Waals surface area contributed by atoms with Crippen LogP contribution in [0.1, 0.15) is 54.9 Å². The summed E-state index contributed by atoms with van der Waals surface area (Å²) in [6, 6.07) is -0.0840. The minimum atomic E-state index is -0.471. The van der Waals surface area contributed by atoms with Crippen LogP contribution in [0.2, 0.25) is 0 Å². The molecule has 0 spiro atoms. The van der Waals surface area contributed by atoms with Crippen LogP contribution in [0.15, 0.2) is 24.3 Å². The van der Waals surface area contributed by atoms with Gasteiger partial charge in [0.05, 0.1) is 0 Å². The van der Waals surface area contributed by atoms with Crippen molar-refractivity contribution in [2.24, 2.45) is 5.41 Å². The lowest BCUT2D eigenvalue weighted by molar-refractivity contribution is 0.0518. The molecule has 3 heteroatoms. The van der Waals surface area contributed by atoms with Crippen molar-refractivity contribution < 1.29 is 9.53 Å². The molecule has 0 bridgehead atoms. The number of carbonyl (C=O) groups is 1.